The van der Waals surface area contributed by atoms with Crippen LogP contribution in [0.15, 0.2) is 18.2 Å². The molecule has 1 saturated heterocycles. The van der Waals surface area contributed by atoms with Crippen molar-refractivity contribution in [3.63, 3.8) is 0 Å². The molecule has 1 aliphatic rings. The summed E-state index contributed by atoms with van der Waals surface area (Å²) in [4.78, 5) is 2.38. The number of nitrogens with zero attached hydrogens (tertiary/aromatic N) is 1. The number of hydrogen-bond acceptors (Lipinski definition) is 4. The second-order valence-corrected chi connectivity index (χ2v) is 6.32. The first-order valence-corrected chi connectivity index (χ1v) is 7.93. The van der Waals surface area contributed by atoms with Gasteiger partial charge in [-0.3, -0.25) is 0 Å². The molecule has 1 fully saturated rings. The summed E-state index contributed by atoms with van der Waals surface area (Å²) in [6, 6.07) is 6.01. The van der Waals surface area contributed by atoms with E-state index in [1.165, 1.54) is 6.42 Å². The zero-order valence-corrected chi connectivity index (χ0v) is 12.7. The lowest BCUT2D eigenvalue weighted by Gasteiger charge is -2.35. The van der Waals surface area contributed by atoms with Crippen molar-refractivity contribution in [1.82, 2.24) is 0 Å². The van der Waals surface area contributed by atoms with Gasteiger partial charge in [-0.05, 0) is 25.5 Å². The summed E-state index contributed by atoms with van der Waals surface area (Å²) in [5.41, 5.74) is 2.03. The fourth-order valence-corrected chi connectivity index (χ4v) is 3.77. The number of ether oxygens (including phenoxy) is 1. The normalized spacial score (nSPS) is 21.3. The van der Waals surface area contributed by atoms with E-state index in [0.29, 0.717) is 5.25 Å². The standard InChI is InChI=1S/C15H23NO2S/c1-4-12-10-16(8-9-19-12)13-6-5-7-14(18-3)15(13)11(2)17/h5-7,11-12,17H,4,8-10H2,1-3H3. The quantitative estimate of drug-likeness (QED) is 0.919. The van der Waals surface area contributed by atoms with Gasteiger partial charge in [-0.1, -0.05) is 13.0 Å². The van der Waals surface area contributed by atoms with Crippen LogP contribution >= 0.6 is 11.8 Å². The van der Waals surface area contributed by atoms with Crippen LogP contribution in [0.4, 0.5) is 5.69 Å². The average molecular weight is 281 g/mol. The van der Waals surface area contributed by atoms with E-state index in [1.807, 2.05) is 12.1 Å². The minimum absolute atomic E-state index is 0.513. The maximum absolute atomic E-state index is 10.1. The number of anilines is 1. The first-order valence-electron chi connectivity index (χ1n) is 6.88. The van der Waals surface area contributed by atoms with Crippen molar-refractivity contribution in [2.24, 2.45) is 0 Å². The summed E-state index contributed by atoms with van der Waals surface area (Å²) in [6.45, 7) is 6.13. The molecule has 1 aliphatic heterocycles. The van der Waals surface area contributed by atoms with Crippen LogP contribution in [0.1, 0.15) is 31.9 Å². The highest BCUT2D eigenvalue weighted by Crippen LogP contribution is 2.36. The predicted octanol–water partition coefficient (Wildman–Crippen LogP) is 3.08. The molecule has 0 amide bonds. The van der Waals surface area contributed by atoms with Gasteiger partial charge in [0.25, 0.3) is 0 Å². The zero-order chi connectivity index (χ0) is 13.8. The van der Waals surface area contributed by atoms with E-state index < -0.39 is 6.10 Å². The number of methoxy groups -OCH3 is 1. The van der Waals surface area contributed by atoms with Gasteiger partial charge in [0.05, 0.1) is 13.2 Å². The maximum atomic E-state index is 10.1. The first kappa shape index (κ1) is 14.5. The molecule has 19 heavy (non-hydrogen) atoms. The lowest BCUT2D eigenvalue weighted by Crippen LogP contribution is -2.38. The Morgan fingerprint density at radius 3 is 2.95 bits per heavy atom. The molecule has 4 heteroatoms. The van der Waals surface area contributed by atoms with E-state index in [1.54, 1.807) is 14.0 Å². The van der Waals surface area contributed by atoms with Crippen LogP contribution in [0.2, 0.25) is 0 Å². The molecule has 0 aliphatic carbocycles. The Hall–Kier alpha value is -0.870. The van der Waals surface area contributed by atoms with Crippen LogP contribution in [0.25, 0.3) is 0 Å². The Balaban J connectivity index is 2.33. The second kappa shape index (κ2) is 6.53. The van der Waals surface area contributed by atoms with Crippen LogP contribution in [0.3, 0.4) is 0 Å². The highest BCUT2D eigenvalue weighted by molar-refractivity contribution is 8.00. The summed E-state index contributed by atoms with van der Waals surface area (Å²) >= 11 is 2.05. The molecule has 0 aromatic heterocycles. The fourth-order valence-electron chi connectivity index (χ4n) is 2.59. The van der Waals surface area contributed by atoms with Gasteiger partial charge in [-0.25, -0.2) is 0 Å². The molecule has 0 spiro atoms. The number of benzene rings is 1. The second-order valence-electron chi connectivity index (χ2n) is 4.92. The lowest BCUT2D eigenvalue weighted by molar-refractivity contribution is 0.194. The third-order valence-corrected chi connectivity index (χ3v) is 4.99. The molecule has 2 rings (SSSR count). The van der Waals surface area contributed by atoms with E-state index in [9.17, 15) is 5.11 Å². The third kappa shape index (κ3) is 3.18. The molecule has 2 unspecified atom stereocenters. The van der Waals surface area contributed by atoms with Gasteiger partial charge in [0.1, 0.15) is 5.75 Å². The Morgan fingerprint density at radius 1 is 1.53 bits per heavy atom. The van der Waals surface area contributed by atoms with E-state index in [2.05, 4.69) is 29.7 Å². The van der Waals surface area contributed by atoms with Gasteiger partial charge in [0, 0.05) is 35.3 Å². The molecule has 106 valence electrons. The molecule has 1 aromatic carbocycles. The number of rotatable bonds is 4. The summed E-state index contributed by atoms with van der Waals surface area (Å²) in [5, 5.41) is 10.7. The molecule has 1 N–H and O–H groups in total. The third-order valence-electron chi connectivity index (χ3n) is 3.62. The van der Waals surface area contributed by atoms with Crippen LogP contribution in [-0.4, -0.2) is 36.3 Å². The average Bonchev–Trinajstić information content (AvgIpc) is 2.46. The van der Waals surface area contributed by atoms with Gasteiger partial charge in [0.15, 0.2) is 0 Å². The Bertz CT molecular complexity index is 423. The maximum Gasteiger partial charge on any atom is 0.126 e. The number of thioether (sulfide) groups is 1. The van der Waals surface area contributed by atoms with Crippen molar-refractivity contribution in [1.29, 1.82) is 0 Å². The highest BCUT2D eigenvalue weighted by Gasteiger charge is 2.23. The highest BCUT2D eigenvalue weighted by atomic mass is 32.2. The molecular weight excluding hydrogens is 258 g/mol. The van der Waals surface area contributed by atoms with Crippen molar-refractivity contribution < 1.29 is 9.84 Å². The predicted molar refractivity (Wildman–Crippen MR) is 82.4 cm³/mol. The zero-order valence-electron chi connectivity index (χ0n) is 11.9. The minimum Gasteiger partial charge on any atom is -0.496 e. The van der Waals surface area contributed by atoms with Crippen LogP contribution in [0, 0.1) is 0 Å². The molecule has 3 nitrogen and oxygen atoms in total. The molecule has 2 atom stereocenters. The van der Waals surface area contributed by atoms with Gasteiger partial charge in [-0.15, -0.1) is 0 Å². The molecule has 0 saturated carbocycles. The van der Waals surface area contributed by atoms with Gasteiger partial charge >= 0.3 is 0 Å². The minimum atomic E-state index is -0.513. The van der Waals surface area contributed by atoms with Crippen molar-refractivity contribution in [3.05, 3.63) is 23.8 Å². The Morgan fingerprint density at radius 2 is 2.32 bits per heavy atom. The fraction of sp³-hybridized carbons (Fsp3) is 0.600. The molecule has 1 heterocycles. The van der Waals surface area contributed by atoms with E-state index in [4.69, 9.17) is 4.74 Å². The van der Waals surface area contributed by atoms with Crippen molar-refractivity contribution >= 4 is 17.4 Å². The largest absolute Gasteiger partial charge is 0.496 e. The SMILES string of the molecule is CCC1CN(c2cccc(OC)c2C(C)O)CCS1. The van der Waals surface area contributed by atoms with Crippen LogP contribution < -0.4 is 9.64 Å². The van der Waals surface area contributed by atoms with E-state index >= 15 is 0 Å². The monoisotopic (exact) mass is 281 g/mol. The topological polar surface area (TPSA) is 32.7 Å². The molecule has 0 radical (unpaired) electrons. The van der Waals surface area contributed by atoms with Gasteiger partial charge < -0.3 is 14.7 Å². The van der Waals surface area contributed by atoms with Gasteiger partial charge in [0.2, 0.25) is 0 Å². The number of hydrogen-bond donors (Lipinski definition) is 1. The first-order chi connectivity index (χ1) is 9.17. The summed E-state index contributed by atoms with van der Waals surface area (Å²) in [6.07, 6.45) is 0.676. The van der Waals surface area contributed by atoms with E-state index in [-0.39, 0.29) is 0 Å². The molecular formula is C15H23NO2S. The summed E-state index contributed by atoms with van der Waals surface area (Å²) in [7, 11) is 1.66. The Kier molecular flexibility index (Phi) is 4.99. The van der Waals surface area contributed by atoms with Crippen LogP contribution in [0.5, 0.6) is 5.75 Å². The lowest BCUT2D eigenvalue weighted by atomic mass is 10.1. The van der Waals surface area contributed by atoms with Crippen LogP contribution in [-0.2, 0) is 0 Å². The number of aliphatic hydroxyl groups excluding tert-OH is 1. The summed E-state index contributed by atoms with van der Waals surface area (Å²) < 4.78 is 5.40. The van der Waals surface area contributed by atoms with Crippen molar-refractivity contribution in [2.75, 3.05) is 30.9 Å². The summed E-state index contributed by atoms with van der Waals surface area (Å²) in [5.74, 6) is 1.92. The van der Waals surface area contributed by atoms with Gasteiger partial charge in [-0.2, -0.15) is 11.8 Å². The number of aliphatic hydroxyl groups is 1. The molecule has 1 aromatic rings. The van der Waals surface area contributed by atoms with Crippen molar-refractivity contribution in [3.8, 4) is 5.75 Å². The van der Waals surface area contributed by atoms with E-state index in [0.717, 1.165) is 35.8 Å². The smallest absolute Gasteiger partial charge is 0.126 e. The Labute approximate surface area is 120 Å². The van der Waals surface area contributed by atoms with Crippen molar-refractivity contribution in [2.45, 2.75) is 31.6 Å². The molecule has 0 bridgehead atoms.